The summed E-state index contributed by atoms with van der Waals surface area (Å²) < 4.78 is 32.8. The van der Waals surface area contributed by atoms with Crippen molar-refractivity contribution in [2.45, 2.75) is 65.1 Å². The first kappa shape index (κ1) is 18.2. The Balaban J connectivity index is 2.70. The molecule has 1 atom stereocenters. The van der Waals surface area contributed by atoms with Crippen LogP contribution < -0.4 is 10.0 Å². The van der Waals surface area contributed by atoms with E-state index < -0.39 is 16.3 Å². The molecule has 1 rings (SSSR count). The van der Waals surface area contributed by atoms with Gasteiger partial charge in [0.25, 0.3) is 0 Å². The molecule has 0 spiro atoms. The molecule has 1 amide bonds. The summed E-state index contributed by atoms with van der Waals surface area (Å²) in [7, 11) is -3.86. The fourth-order valence-corrected chi connectivity index (χ4v) is 3.59. The summed E-state index contributed by atoms with van der Waals surface area (Å²) in [5, 5.41) is 3.25. The van der Waals surface area contributed by atoms with Crippen molar-refractivity contribution in [3.05, 3.63) is 0 Å². The van der Waals surface area contributed by atoms with Crippen LogP contribution in [0.2, 0.25) is 0 Å². The van der Waals surface area contributed by atoms with Crippen LogP contribution in [0, 0.1) is 0 Å². The van der Waals surface area contributed by atoms with Gasteiger partial charge in [-0.15, -0.1) is 0 Å². The lowest BCUT2D eigenvalue weighted by atomic mass is 10.0. The molecule has 0 aliphatic carbocycles. The van der Waals surface area contributed by atoms with Gasteiger partial charge in [-0.2, -0.15) is 12.7 Å². The highest BCUT2D eigenvalue weighted by Crippen LogP contribution is 2.19. The Labute approximate surface area is 127 Å². The molecule has 0 saturated carbocycles. The zero-order chi connectivity index (χ0) is 16.0. The lowest BCUT2D eigenvalue weighted by molar-refractivity contribution is 0.120. The van der Waals surface area contributed by atoms with E-state index in [0.717, 1.165) is 19.3 Å². The summed E-state index contributed by atoms with van der Waals surface area (Å²) in [6.07, 6.45) is 1.30. The highest BCUT2D eigenvalue weighted by atomic mass is 32.2. The number of amides is 1. The number of rotatable bonds is 6. The first-order valence-corrected chi connectivity index (χ1v) is 8.90. The molecule has 124 valence electrons. The van der Waals surface area contributed by atoms with Gasteiger partial charge in [0, 0.05) is 25.2 Å². The lowest BCUT2D eigenvalue weighted by Crippen LogP contribution is -2.54. The standard InChI is InChI=1S/C13H27N3O4S/c1-10(2)14-9-12-7-5-6-8-16(12)21(18,19)15-13(17)20-11(3)4/h10-12,14H,5-9H2,1-4H3,(H,15,17). The Morgan fingerprint density at radius 1 is 1.29 bits per heavy atom. The van der Waals surface area contributed by atoms with Crippen LogP contribution in [-0.4, -0.2) is 50.1 Å². The van der Waals surface area contributed by atoms with E-state index in [9.17, 15) is 13.2 Å². The molecule has 0 aromatic carbocycles. The number of piperidine rings is 1. The molecule has 1 heterocycles. The summed E-state index contributed by atoms with van der Waals surface area (Å²) in [5.74, 6) is 0. The number of hydrogen-bond donors (Lipinski definition) is 2. The van der Waals surface area contributed by atoms with Crippen LogP contribution >= 0.6 is 0 Å². The molecule has 1 saturated heterocycles. The van der Waals surface area contributed by atoms with E-state index in [1.165, 1.54) is 4.31 Å². The van der Waals surface area contributed by atoms with Crippen LogP contribution in [0.4, 0.5) is 4.79 Å². The Hall–Kier alpha value is -0.860. The van der Waals surface area contributed by atoms with Crippen LogP contribution in [-0.2, 0) is 14.9 Å². The van der Waals surface area contributed by atoms with E-state index in [4.69, 9.17) is 4.74 Å². The maximum atomic E-state index is 12.3. The van der Waals surface area contributed by atoms with Gasteiger partial charge >= 0.3 is 16.3 Å². The van der Waals surface area contributed by atoms with Gasteiger partial charge in [-0.1, -0.05) is 20.3 Å². The second kappa shape index (κ2) is 7.95. The highest BCUT2D eigenvalue weighted by Gasteiger charge is 2.33. The minimum Gasteiger partial charge on any atom is -0.446 e. The molecule has 21 heavy (non-hydrogen) atoms. The first-order valence-electron chi connectivity index (χ1n) is 7.46. The smallest absolute Gasteiger partial charge is 0.422 e. The van der Waals surface area contributed by atoms with E-state index in [1.54, 1.807) is 13.8 Å². The quantitative estimate of drug-likeness (QED) is 0.768. The largest absolute Gasteiger partial charge is 0.446 e. The van der Waals surface area contributed by atoms with E-state index in [2.05, 4.69) is 5.32 Å². The molecule has 1 unspecified atom stereocenters. The van der Waals surface area contributed by atoms with Gasteiger partial charge in [-0.25, -0.2) is 9.52 Å². The third kappa shape index (κ3) is 6.19. The predicted molar refractivity (Wildman–Crippen MR) is 81.2 cm³/mol. The fourth-order valence-electron chi connectivity index (χ4n) is 2.27. The molecular formula is C13H27N3O4S. The van der Waals surface area contributed by atoms with Gasteiger partial charge in [0.2, 0.25) is 0 Å². The van der Waals surface area contributed by atoms with Crippen molar-refractivity contribution in [1.82, 2.24) is 14.3 Å². The topological polar surface area (TPSA) is 87.7 Å². The molecule has 0 aromatic heterocycles. The number of ether oxygens (including phenoxy) is 1. The zero-order valence-electron chi connectivity index (χ0n) is 13.3. The van der Waals surface area contributed by atoms with Crippen molar-refractivity contribution < 1.29 is 17.9 Å². The molecule has 7 nitrogen and oxygen atoms in total. The van der Waals surface area contributed by atoms with Crippen molar-refractivity contribution >= 4 is 16.3 Å². The maximum Gasteiger partial charge on any atom is 0.422 e. The number of hydrogen-bond acceptors (Lipinski definition) is 5. The normalized spacial score (nSPS) is 20.8. The molecule has 1 fully saturated rings. The molecule has 1 aliphatic rings. The molecule has 2 N–H and O–H groups in total. The Morgan fingerprint density at radius 3 is 2.52 bits per heavy atom. The highest BCUT2D eigenvalue weighted by molar-refractivity contribution is 7.87. The minimum absolute atomic E-state index is 0.134. The second-order valence-corrected chi connectivity index (χ2v) is 7.51. The van der Waals surface area contributed by atoms with Crippen LogP contribution in [0.25, 0.3) is 0 Å². The summed E-state index contributed by atoms with van der Waals surface area (Å²) in [4.78, 5) is 11.5. The third-order valence-electron chi connectivity index (χ3n) is 3.20. The molecular weight excluding hydrogens is 294 g/mol. The van der Waals surface area contributed by atoms with Crippen molar-refractivity contribution in [3.8, 4) is 0 Å². The van der Waals surface area contributed by atoms with Gasteiger partial charge in [-0.3, -0.25) is 0 Å². The monoisotopic (exact) mass is 321 g/mol. The summed E-state index contributed by atoms with van der Waals surface area (Å²) in [6.45, 7) is 8.37. The van der Waals surface area contributed by atoms with E-state index in [0.29, 0.717) is 13.1 Å². The summed E-state index contributed by atoms with van der Waals surface area (Å²) >= 11 is 0. The average molecular weight is 321 g/mol. The third-order valence-corrected chi connectivity index (χ3v) is 4.72. The predicted octanol–water partition coefficient (Wildman–Crippen LogP) is 1.22. The Morgan fingerprint density at radius 2 is 1.95 bits per heavy atom. The van der Waals surface area contributed by atoms with Crippen LogP contribution in [0.15, 0.2) is 0 Å². The van der Waals surface area contributed by atoms with Crippen molar-refractivity contribution in [3.63, 3.8) is 0 Å². The molecule has 0 radical (unpaired) electrons. The van der Waals surface area contributed by atoms with E-state index >= 15 is 0 Å². The van der Waals surface area contributed by atoms with Crippen molar-refractivity contribution in [2.75, 3.05) is 13.1 Å². The molecule has 8 heteroatoms. The number of nitrogens with one attached hydrogen (secondary N) is 2. The van der Waals surface area contributed by atoms with Gasteiger partial charge in [0.1, 0.15) is 0 Å². The Kier molecular flexibility index (Phi) is 6.89. The first-order chi connectivity index (χ1) is 9.72. The van der Waals surface area contributed by atoms with E-state index in [1.807, 2.05) is 18.6 Å². The fraction of sp³-hybridized carbons (Fsp3) is 0.923. The van der Waals surface area contributed by atoms with Crippen LogP contribution in [0.3, 0.4) is 0 Å². The molecule has 0 bridgehead atoms. The zero-order valence-corrected chi connectivity index (χ0v) is 14.1. The lowest BCUT2D eigenvalue weighted by Gasteiger charge is -2.34. The number of carbonyl (C=O) groups is 1. The minimum atomic E-state index is -3.86. The van der Waals surface area contributed by atoms with Gasteiger partial charge < -0.3 is 10.1 Å². The van der Waals surface area contributed by atoms with Crippen LogP contribution in [0.5, 0.6) is 0 Å². The molecule has 0 aromatic rings. The van der Waals surface area contributed by atoms with Crippen molar-refractivity contribution in [1.29, 1.82) is 0 Å². The SMILES string of the molecule is CC(C)NCC1CCCCN1S(=O)(=O)NC(=O)OC(C)C. The second-order valence-electron chi connectivity index (χ2n) is 5.88. The van der Waals surface area contributed by atoms with Crippen LogP contribution in [0.1, 0.15) is 47.0 Å². The molecule has 1 aliphatic heterocycles. The number of nitrogens with zero attached hydrogens (tertiary/aromatic N) is 1. The average Bonchev–Trinajstić information content (AvgIpc) is 2.34. The van der Waals surface area contributed by atoms with Crippen molar-refractivity contribution in [2.24, 2.45) is 0 Å². The van der Waals surface area contributed by atoms with Gasteiger partial charge in [0.05, 0.1) is 6.10 Å². The van der Waals surface area contributed by atoms with Gasteiger partial charge in [-0.05, 0) is 26.7 Å². The maximum absolute atomic E-state index is 12.3. The Bertz CT molecular complexity index is 437. The number of carbonyl (C=O) groups excluding carboxylic acids is 1. The summed E-state index contributed by atoms with van der Waals surface area (Å²) in [6, 6.07) is 0.154. The van der Waals surface area contributed by atoms with Gasteiger partial charge in [0.15, 0.2) is 0 Å². The van der Waals surface area contributed by atoms with E-state index in [-0.39, 0.29) is 18.2 Å². The summed E-state index contributed by atoms with van der Waals surface area (Å²) in [5.41, 5.74) is 0.